The summed E-state index contributed by atoms with van der Waals surface area (Å²) in [5, 5.41) is 0. The van der Waals surface area contributed by atoms with Crippen molar-refractivity contribution in [3.8, 4) is 0 Å². The smallest absolute Gasteiger partial charge is 0.350 e. The van der Waals surface area contributed by atoms with Crippen molar-refractivity contribution >= 4 is 0 Å². The van der Waals surface area contributed by atoms with Crippen LogP contribution in [0.25, 0.3) is 0 Å². The van der Waals surface area contributed by atoms with Gasteiger partial charge in [0, 0.05) is 18.7 Å². The van der Waals surface area contributed by atoms with E-state index in [0.717, 1.165) is 12.3 Å². The third kappa shape index (κ3) is 3.18. The van der Waals surface area contributed by atoms with E-state index in [1.165, 1.54) is 6.07 Å². The van der Waals surface area contributed by atoms with Gasteiger partial charge in [0.05, 0.1) is 13.2 Å². The summed E-state index contributed by atoms with van der Waals surface area (Å²) in [5.41, 5.74) is 5.46. The topological polar surface area (TPSA) is 57.4 Å². The van der Waals surface area contributed by atoms with Crippen LogP contribution in [-0.4, -0.2) is 24.5 Å². The number of halogens is 3. The normalized spacial score (nSPS) is 19.1. The second kappa shape index (κ2) is 5.21. The van der Waals surface area contributed by atoms with E-state index in [2.05, 4.69) is 4.98 Å². The Bertz CT molecular complexity index is 388. The van der Waals surface area contributed by atoms with Crippen LogP contribution in [0.1, 0.15) is 23.7 Å². The summed E-state index contributed by atoms with van der Waals surface area (Å²) < 4.78 is 47.4. The van der Waals surface area contributed by atoms with Crippen LogP contribution in [0.5, 0.6) is 0 Å². The number of hydrogen-bond donors (Lipinski definition) is 1. The zero-order valence-electron chi connectivity index (χ0n) is 9.48. The number of pyridine rings is 1. The number of rotatable bonds is 3. The van der Waals surface area contributed by atoms with Gasteiger partial charge in [-0.15, -0.1) is 0 Å². The fourth-order valence-corrected chi connectivity index (χ4v) is 1.68. The van der Waals surface area contributed by atoms with Crippen molar-refractivity contribution < 1.29 is 22.6 Å². The highest BCUT2D eigenvalue weighted by Crippen LogP contribution is 2.28. The molecule has 0 saturated carbocycles. The van der Waals surface area contributed by atoms with Crippen LogP contribution in [-0.2, 0) is 15.7 Å². The molecule has 1 aliphatic rings. The van der Waals surface area contributed by atoms with Gasteiger partial charge in [0.25, 0.3) is 0 Å². The van der Waals surface area contributed by atoms with Crippen molar-refractivity contribution in [2.45, 2.75) is 24.9 Å². The van der Waals surface area contributed by atoms with E-state index in [-0.39, 0.29) is 6.29 Å². The lowest BCUT2D eigenvalue weighted by Crippen LogP contribution is -2.20. The summed E-state index contributed by atoms with van der Waals surface area (Å²) in [6.45, 7) is 1.03. The molecule has 0 radical (unpaired) electrons. The zero-order valence-corrected chi connectivity index (χ0v) is 9.48. The van der Waals surface area contributed by atoms with E-state index in [4.69, 9.17) is 15.2 Å². The minimum absolute atomic E-state index is 0.387. The van der Waals surface area contributed by atoms with Crippen molar-refractivity contribution in [1.29, 1.82) is 0 Å². The summed E-state index contributed by atoms with van der Waals surface area (Å²) in [6, 6.07) is 1.80. The Morgan fingerprint density at radius 1 is 1.33 bits per heavy atom. The molecule has 1 aromatic heterocycles. The van der Waals surface area contributed by atoms with Crippen molar-refractivity contribution in [3.63, 3.8) is 0 Å². The molecule has 2 rings (SSSR count). The van der Waals surface area contributed by atoms with Gasteiger partial charge in [0.1, 0.15) is 5.69 Å². The summed E-state index contributed by atoms with van der Waals surface area (Å²) in [4.78, 5) is 3.36. The molecular weight excluding hydrogens is 249 g/mol. The molecule has 1 aromatic rings. The summed E-state index contributed by atoms with van der Waals surface area (Å²) in [6.07, 6.45) is -3.28. The first kappa shape index (κ1) is 13.3. The van der Waals surface area contributed by atoms with Crippen LogP contribution < -0.4 is 5.73 Å². The van der Waals surface area contributed by atoms with Gasteiger partial charge in [-0.1, -0.05) is 6.07 Å². The summed E-state index contributed by atoms with van der Waals surface area (Å²) >= 11 is 0. The second-order valence-corrected chi connectivity index (χ2v) is 3.99. The third-order valence-electron chi connectivity index (χ3n) is 2.64. The predicted molar refractivity (Wildman–Crippen MR) is 56.5 cm³/mol. The number of nitrogens with two attached hydrogens (primary N) is 1. The summed E-state index contributed by atoms with van der Waals surface area (Å²) in [5.74, 6) is 0. The molecule has 100 valence electrons. The molecule has 7 heteroatoms. The van der Waals surface area contributed by atoms with Gasteiger partial charge >= 0.3 is 6.18 Å². The van der Waals surface area contributed by atoms with Gasteiger partial charge in [-0.3, -0.25) is 4.98 Å². The molecule has 0 aromatic carbocycles. The van der Waals surface area contributed by atoms with Crippen LogP contribution >= 0.6 is 0 Å². The lowest BCUT2D eigenvalue weighted by molar-refractivity contribution is -0.141. The first-order chi connectivity index (χ1) is 8.47. The van der Waals surface area contributed by atoms with Crippen molar-refractivity contribution in [1.82, 2.24) is 4.98 Å². The third-order valence-corrected chi connectivity index (χ3v) is 2.64. The zero-order chi connectivity index (χ0) is 13.2. The maximum atomic E-state index is 12.3. The Hall–Kier alpha value is -1.18. The van der Waals surface area contributed by atoms with Gasteiger partial charge < -0.3 is 15.2 Å². The molecule has 0 amide bonds. The molecule has 1 unspecified atom stereocenters. The molecule has 1 aliphatic heterocycles. The maximum absolute atomic E-state index is 12.3. The monoisotopic (exact) mass is 262 g/mol. The van der Waals surface area contributed by atoms with E-state index in [1.54, 1.807) is 0 Å². The van der Waals surface area contributed by atoms with Crippen LogP contribution in [0.4, 0.5) is 13.2 Å². The molecule has 4 nitrogen and oxygen atoms in total. The SMILES string of the molecule is NC(CC1OCCO1)c1ccc(C(F)(F)F)nc1. The Balaban J connectivity index is 2.00. The van der Waals surface area contributed by atoms with Crippen LogP contribution in [0.15, 0.2) is 18.3 Å². The standard InChI is InChI=1S/C11H13F3N2O2/c12-11(13,14)9-2-1-7(6-16-9)8(15)5-10-17-3-4-18-10/h1-2,6,8,10H,3-5,15H2. The maximum Gasteiger partial charge on any atom is 0.433 e. The molecule has 18 heavy (non-hydrogen) atoms. The largest absolute Gasteiger partial charge is 0.433 e. The van der Waals surface area contributed by atoms with Crippen molar-refractivity contribution in [2.75, 3.05) is 13.2 Å². The van der Waals surface area contributed by atoms with Crippen LogP contribution in [0.3, 0.4) is 0 Å². The van der Waals surface area contributed by atoms with E-state index >= 15 is 0 Å². The highest BCUT2D eigenvalue weighted by Gasteiger charge is 2.32. The Morgan fingerprint density at radius 3 is 2.50 bits per heavy atom. The average molecular weight is 262 g/mol. The Labute approximate surface area is 102 Å². The van der Waals surface area contributed by atoms with E-state index in [0.29, 0.717) is 25.2 Å². The molecule has 1 atom stereocenters. The van der Waals surface area contributed by atoms with E-state index in [9.17, 15) is 13.2 Å². The first-order valence-corrected chi connectivity index (χ1v) is 5.49. The molecule has 2 N–H and O–H groups in total. The minimum Gasteiger partial charge on any atom is -0.350 e. The van der Waals surface area contributed by atoms with Crippen molar-refractivity contribution in [2.24, 2.45) is 5.73 Å². The first-order valence-electron chi connectivity index (χ1n) is 5.49. The van der Waals surface area contributed by atoms with Gasteiger partial charge in [0.15, 0.2) is 6.29 Å². The Kier molecular flexibility index (Phi) is 3.84. The van der Waals surface area contributed by atoms with Gasteiger partial charge in [-0.05, 0) is 11.6 Å². The predicted octanol–water partition coefficient (Wildman–Crippen LogP) is 1.86. The van der Waals surface area contributed by atoms with Gasteiger partial charge in [0.2, 0.25) is 0 Å². The fourth-order valence-electron chi connectivity index (χ4n) is 1.68. The lowest BCUT2D eigenvalue weighted by Gasteiger charge is -2.16. The molecule has 0 spiro atoms. The van der Waals surface area contributed by atoms with E-state index < -0.39 is 17.9 Å². The number of ether oxygens (including phenoxy) is 2. The second-order valence-electron chi connectivity index (χ2n) is 3.99. The molecule has 1 saturated heterocycles. The minimum atomic E-state index is -4.43. The van der Waals surface area contributed by atoms with Crippen molar-refractivity contribution in [3.05, 3.63) is 29.6 Å². The average Bonchev–Trinajstić information content (AvgIpc) is 2.81. The number of aromatic nitrogens is 1. The van der Waals surface area contributed by atoms with Gasteiger partial charge in [-0.25, -0.2) is 0 Å². The number of alkyl halides is 3. The van der Waals surface area contributed by atoms with Gasteiger partial charge in [-0.2, -0.15) is 13.2 Å². The lowest BCUT2D eigenvalue weighted by atomic mass is 10.1. The van der Waals surface area contributed by atoms with E-state index in [1.807, 2.05) is 0 Å². The number of nitrogens with zero attached hydrogens (tertiary/aromatic N) is 1. The summed E-state index contributed by atoms with van der Waals surface area (Å²) in [7, 11) is 0. The highest BCUT2D eigenvalue weighted by molar-refractivity contribution is 5.19. The van der Waals surface area contributed by atoms with Crippen LogP contribution in [0.2, 0.25) is 0 Å². The fraction of sp³-hybridized carbons (Fsp3) is 0.545. The van der Waals surface area contributed by atoms with Crippen LogP contribution in [0, 0.1) is 0 Å². The highest BCUT2D eigenvalue weighted by atomic mass is 19.4. The molecule has 2 heterocycles. The molecule has 0 aliphatic carbocycles. The quantitative estimate of drug-likeness (QED) is 0.903. The number of hydrogen-bond acceptors (Lipinski definition) is 4. The molecular formula is C11H13F3N2O2. The molecule has 0 bridgehead atoms. The molecule has 1 fully saturated rings. The Morgan fingerprint density at radius 2 is 2.00 bits per heavy atom.